The second kappa shape index (κ2) is 59.1. The van der Waals surface area contributed by atoms with Crippen molar-refractivity contribution in [2.75, 3.05) is 13.2 Å². The fraction of sp³-hybridized carbons (Fsp3) is 0.812. The summed E-state index contributed by atoms with van der Waals surface area (Å²) in [5.74, 6) is -0.0813. The number of aliphatic hydroxyl groups is 2. The van der Waals surface area contributed by atoms with E-state index in [0.29, 0.717) is 19.4 Å². The molecule has 0 aromatic rings. The van der Waals surface area contributed by atoms with Crippen LogP contribution in [0.25, 0.3) is 0 Å². The van der Waals surface area contributed by atoms with Crippen molar-refractivity contribution in [2.45, 2.75) is 321 Å². The molecule has 0 aromatic heterocycles. The molecule has 1 amide bonds. The summed E-state index contributed by atoms with van der Waals surface area (Å²) >= 11 is 0. The summed E-state index contributed by atoms with van der Waals surface area (Å²) in [7, 11) is 0. The highest BCUT2D eigenvalue weighted by Gasteiger charge is 2.18. The lowest BCUT2D eigenvalue weighted by molar-refractivity contribution is -0.143. The topological polar surface area (TPSA) is 95.9 Å². The van der Waals surface area contributed by atoms with Crippen LogP contribution in [0.4, 0.5) is 0 Å². The fourth-order valence-electron chi connectivity index (χ4n) is 9.05. The molecule has 0 rings (SSSR count). The standard InChI is InChI=1S/C64H117NO5/c1-3-5-7-9-11-13-15-17-29-34-38-42-46-50-54-58-64(69)70-59-55-51-47-43-39-35-31-28-26-24-22-20-18-19-21-23-25-27-30-33-37-41-45-49-53-57-63(68)65-61(60-66)62(67)56-52-48-44-40-36-32-16-14-12-10-8-6-4-2/h11,13,17,19-22,29,52,56,61-62,66-67H,3-10,12,14-16,18,23-28,30-51,53-55,57-60H2,1-2H3,(H,65,68)/b13-11-,21-19-,22-20-,29-17-,56-52+. The van der Waals surface area contributed by atoms with Gasteiger partial charge in [-0.2, -0.15) is 0 Å². The summed E-state index contributed by atoms with van der Waals surface area (Å²) in [5, 5.41) is 23.1. The zero-order valence-corrected chi connectivity index (χ0v) is 46.5. The van der Waals surface area contributed by atoms with Crippen LogP contribution >= 0.6 is 0 Å². The monoisotopic (exact) mass is 980 g/mol. The lowest BCUT2D eigenvalue weighted by atomic mass is 10.0. The molecule has 70 heavy (non-hydrogen) atoms. The summed E-state index contributed by atoms with van der Waals surface area (Å²) in [6, 6.07) is -0.633. The number of hydrogen-bond acceptors (Lipinski definition) is 5. The van der Waals surface area contributed by atoms with E-state index in [0.717, 1.165) is 57.8 Å². The van der Waals surface area contributed by atoms with E-state index in [1.807, 2.05) is 6.08 Å². The SMILES string of the molecule is CCCCC/C=C\C/C=C\CCCCCCCC(=O)OCCCCCCCCCCC/C=C\C/C=C\CCCCCCCCCCCC(=O)NC(CO)C(O)/C=C/CCCCCCCCCCCCC. The van der Waals surface area contributed by atoms with Gasteiger partial charge in [-0.3, -0.25) is 9.59 Å². The van der Waals surface area contributed by atoms with Crippen molar-refractivity contribution >= 4 is 11.9 Å². The molecule has 2 atom stereocenters. The number of ether oxygens (including phenoxy) is 1. The second-order valence-electron chi connectivity index (χ2n) is 20.7. The van der Waals surface area contributed by atoms with E-state index in [1.54, 1.807) is 6.08 Å². The number of rotatable bonds is 56. The highest BCUT2D eigenvalue weighted by molar-refractivity contribution is 5.76. The first-order chi connectivity index (χ1) is 34.5. The number of unbranched alkanes of at least 4 members (excludes halogenated alkanes) is 37. The van der Waals surface area contributed by atoms with Gasteiger partial charge < -0.3 is 20.3 Å². The molecule has 0 spiro atoms. The van der Waals surface area contributed by atoms with Crippen LogP contribution in [0.3, 0.4) is 0 Å². The molecule has 0 bridgehead atoms. The third kappa shape index (κ3) is 54.9. The number of amides is 1. The first-order valence-corrected chi connectivity index (χ1v) is 30.6. The van der Waals surface area contributed by atoms with Crippen molar-refractivity contribution in [1.29, 1.82) is 0 Å². The van der Waals surface area contributed by atoms with Gasteiger partial charge in [0.15, 0.2) is 0 Å². The molecule has 0 aromatic carbocycles. The van der Waals surface area contributed by atoms with Crippen molar-refractivity contribution < 1.29 is 24.5 Å². The van der Waals surface area contributed by atoms with Crippen LogP contribution in [-0.2, 0) is 14.3 Å². The van der Waals surface area contributed by atoms with Gasteiger partial charge in [0.2, 0.25) is 5.91 Å². The number of carbonyl (C=O) groups excluding carboxylic acids is 2. The quantitative estimate of drug-likeness (QED) is 0.0321. The molecule has 0 saturated heterocycles. The molecule has 6 heteroatoms. The van der Waals surface area contributed by atoms with Crippen LogP contribution < -0.4 is 5.32 Å². The van der Waals surface area contributed by atoms with E-state index in [2.05, 4.69) is 67.8 Å². The summed E-state index contributed by atoms with van der Waals surface area (Å²) < 4.78 is 5.47. The smallest absolute Gasteiger partial charge is 0.305 e. The van der Waals surface area contributed by atoms with Crippen molar-refractivity contribution in [2.24, 2.45) is 0 Å². The maximum Gasteiger partial charge on any atom is 0.305 e. The number of allylic oxidation sites excluding steroid dienone is 9. The van der Waals surface area contributed by atoms with Gasteiger partial charge in [-0.25, -0.2) is 0 Å². The fourth-order valence-corrected chi connectivity index (χ4v) is 9.05. The number of aliphatic hydroxyl groups excluding tert-OH is 2. The van der Waals surface area contributed by atoms with Crippen LogP contribution in [0.2, 0.25) is 0 Å². The van der Waals surface area contributed by atoms with Gasteiger partial charge in [-0.15, -0.1) is 0 Å². The minimum Gasteiger partial charge on any atom is -0.466 e. The van der Waals surface area contributed by atoms with Crippen LogP contribution in [-0.4, -0.2) is 47.4 Å². The summed E-state index contributed by atoms with van der Waals surface area (Å²) in [5.41, 5.74) is 0. The summed E-state index contributed by atoms with van der Waals surface area (Å²) in [4.78, 5) is 24.5. The Labute approximate surface area is 435 Å². The minimum atomic E-state index is -0.849. The Morgan fingerprint density at radius 1 is 0.400 bits per heavy atom. The van der Waals surface area contributed by atoms with Crippen molar-refractivity contribution in [3.05, 3.63) is 60.8 Å². The molecule has 0 aliphatic carbocycles. The molecule has 6 nitrogen and oxygen atoms in total. The molecule has 0 radical (unpaired) electrons. The average molecular weight is 981 g/mol. The molecule has 0 aliphatic rings. The molecule has 0 saturated carbocycles. The van der Waals surface area contributed by atoms with E-state index >= 15 is 0 Å². The molecular weight excluding hydrogens is 863 g/mol. The average Bonchev–Trinajstić information content (AvgIpc) is 3.36. The number of esters is 1. The molecule has 0 heterocycles. The zero-order chi connectivity index (χ0) is 50.7. The number of nitrogens with one attached hydrogen (secondary N) is 1. The Morgan fingerprint density at radius 2 is 0.714 bits per heavy atom. The number of carbonyl (C=O) groups is 2. The largest absolute Gasteiger partial charge is 0.466 e. The predicted octanol–water partition coefficient (Wildman–Crippen LogP) is 19.1. The van der Waals surface area contributed by atoms with Crippen LogP contribution in [0.15, 0.2) is 60.8 Å². The van der Waals surface area contributed by atoms with Gasteiger partial charge in [-0.1, -0.05) is 261 Å². The maximum absolute atomic E-state index is 12.4. The van der Waals surface area contributed by atoms with Gasteiger partial charge in [0.1, 0.15) is 0 Å². The second-order valence-corrected chi connectivity index (χ2v) is 20.7. The van der Waals surface area contributed by atoms with Gasteiger partial charge in [0, 0.05) is 12.8 Å². The van der Waals surface area contributed by atoms with Gasteiger partial charge >= 0.3 is 5.97 Å². The minimum absolute atomic E-state index is 0.00619. The predicted molar refractivity (Wildman–Crippen MR) is 305 cm³/mol. The Balaban J connectivity index is 3.46. The Hall–Kier alpha value is -2.44. The van der Waals surface area contributed by atoms with Crippen LogP contribution in [0.1, 0.15) is 309 Å². The van der Waals surface area contributed by atoms with Crippen molar-refractivity contribution in [3.8, 4) is 0 Å². The van der Waals surface area contributed by atoms with Gasteiger partial charge in [0.25, 0.3) is 0 Å². The molecule has 0 aliphatic heterocycles. The lowest BCUT2D eigenvalue weighted by Crippen LogP contribution is -2.45. The van der Waals surface area contributed by atoms with Crippen molar-refractivity contribution in [3.63, 3.8) is 0 Å². The lowest BCUT2D eigenvalue weighted by Gasteiger charge is -2.20. The van der Waals surface area contributed by atoms with E-state index in [9.17, 15) is 19.8 Å². The van der Waals surface area contributed by atoms with Crippen LogP contribution in [0.5, 0.6) is 0 Å². The zero-order valence-electron chi connectivity index (χ0n) is 46.5. The maximum atomic E-state index is 12.4. The Morgan fingerprint density at radius 3 is 1.11 bits per heavy atom. The summed E-state index contributed by atoms with van der Waals surface area (Å²) in [6.07, 6.45) is 76.8. The van der Waals surface area contributed by atoms with Gasteiger partial charge in [-0.05, 0) is 96.3 Å². The highest BCUT2D eigenvalue weighted by Crippen LogP contribution is 2.16. The molecule has 408 valence electrons. The molecule has 0 fully saturated rings. The van der Waals surface area contributed by atoms with E-state index in [1.165, 1.54) is 225 Å². The Bertz CT molecular complexity index is 1220. The normalized spacial score (nSPS) is 13.0. The van der Waals surface area contributed by atoms with Gasteiger partial charge in [0.05, 0.1) is 25.4 Å². The first-order valence-electron chi connectivity index (χ1n) is 30.6. The molecule has 3 N–H and O–H groups in total. The van der Waals surface area contributed by atoms with E-state index in [4.69, 9.17) is 4.74 Å². The van der Waals surface area contributed by atoms with Crippen LogP contribution in [0, 0.1) is 0 Å². The van der Waals surface area contributed by atoms with E-state index in [-0.39, 0.29) is 18.5 Å². The molecule has 2 unspecified atom stereocenters. The third-order valence-corrected chi connectivity index (χ3v) is 13.8. The third-order valence-electron chi connectivity index (χ3n) is 13.8. The first kappa shape index (κ1) is 67.6. The molecular formula is C64H117NO5. The number of hydrogen-bond donors (Lipinski definition) is 3. The van der Waals surface area contributed by atoms with E-state index < -0.39 is 12.1 Å². The van der Waals surface area contributed by atoms with Crippen molar-refractivity contribution in [1.82, 2.24) is 5.32 Å². The highest BCUT2D eigenvalue weighted by atomic mass is 16.5. The Kier molecular flexibility index (Phi) is 57.1. The summed E-state index contributed by atoms with van der Waals surface area (Å²) in [6.45, 7) is 4.86.